The maximum atomic E-state index is 13.4. The molecule has 0 unspecified atom stereocenters. The Bertz CT molecular complexity index is 1380. The minimum Gasteiger partial charge on any atom is -0.463 e. The smallest absolute Gasteiger partial charge is 0.338 e. The van der Waals surface area contributed by atoms with Gasteiger partial charge < -0.3 is 4.74 Å². The van der Waals surface area contributed by atoms with Gasteiger partial charge in [0.25, 0.3) is 5.56 Å². The molecule has 5 nitrogen and oxygen atoms in total. The van der Waals surface area contributed by atoms with E-state index in [1.54, 1.807) is 24.5 Å². The molecule has 2 heterocycles. The minimum absolute atomic E-state index is 0.175. The van der Waals surface area contributed by atoms with E-state index < -0.39 is 12.0 Å². The summed E-state index contributed by atoms with van der Waals surface area (Å²) < 4.78 is 7.48. The van der Waals surface area contributed by atoms with E-state index in [0.717, 1.165) is 16.7 Å². The number of aryl methyl sites for hydroxylation is 1. The van der Waals surface area contributed by atoms with Gasteiger partial charge in [0.1, 0.15) is 0 Å². The summed E-state index contributed by atoms with van der Waals surface area (Å²) in [5.74, 6) is -0.447. The van der Waals surface area contributed by atoms with Gasteiger partial charge in [-0.3, -0.25) is 9.36 Å². The number of fused-ring (bicyclic) bond motifs is 1. The number of rotatable bonds is 5. The maximum absolute atomic E-state index is 13.4. The van der Waals surface area contributed by atoms with Crippen molar-refractivity contribution in [3.63, 3.8) is 0 Å². The highest BCUT2D eigenvalue weighted by molar-refractivity contribution is 7.07. The molecular weight excluding hydrogens is 420 g/mol. The summed E-state index contributed by atoms with van der Waals surface area (Å²) in [6, 6.07) is 17.2. The molecule has 0 N–H and O–H groups in total. The molecule has 1 aliphatic rings. The number of nitrogens with zero attached hydrogens (tertiary/aromatic N) is 2. The van der Waals surface area contributed by atoms with Crippen LogP contribution in [0.1, 0.15) is 36.6 Å². The predicted molar refractivity (Wildman–Crippen MR) is 128 cm³/mol. The molecule has 0 saturated carbocycles. The third-order valence-electron chi connectivity index (χ3n) is 5.25. The van der Waals surface area contributed by atoms with Crippen molar-refractivity contribution in [1.82, 2.24) is 4.57 Å². The molecule has 0 saturated heterocycles. The van der Waals surface area contributed by atoms with Crippen LogP contribution >= 0.6 is 11.3 Å². The van der Waals surface area contributed by atoms with Crippen LogP contribution in [0.5, 0.6) is 0 Å². The maximum Gasteiger partial charge on any atom is 0.338 e. The zero-order valence-corrected chi connectivity index (χ0v) is 19.1. The van der Waals surface area contributed by atoms with Gasteiger partial charge in [0, 0.05) is 0 Å². The zero-order chi connectivity index (χ0) is 22.7. The number of hydrogen-bond acceptors (Lipinski definition) is 5. The van der Waals surface area contributed by atoms with Crippen molar-refractivity contribution >= 4 is 29.5 Å². The Morgan fingerprint density at radius 1 is 1.12 bits per heavy atom. The summed E-state index contributed by atoms with van der Waals surface area (Å²) in [4.78, 5) is 31.4. The second-order valence-corrected chi connectivity index (χ2v) is 8.51. The Morgan fingerprint density at radius 3 is 2.53 bits per heavy atom. The van der Waals surface area contributed by atoms with Crippen molar-refractivity contribution in [2.75, 3.05) is 6.61 Å². The van der Waals surface area contributed by atoms with Crippen LogP contribution in [0.4, 0.5) is 0 Å². The number of benzene rings is 2. The highest BCUT2D eigenvalue weighted by Crippen LogP contribution is 2.30. The molecule has 32 heavy (non-hydrogen) atoms. The first-order valence-electron chi connectivity index (χ1n) is 10.5. The van der Waals surface area contributed by atoms with Crippen LogP contribution in [0.15, 0.2) is 81.7 Å². The molecule has 0 aliphatic carbocycles. The average molecular weight is 445 g/mol. The minimum atomic E-state index is -0.578. The van der Waals surface area contributed by atoms with Gasteiger partial charge in [-0.1, -0.05) is 83.6 Å². The largest absolute Gasteiger partial charge is 0.463 e. The monoisotopic (exact) mass is 444 g/mol. The first-order valence-corrected chi connectivity index (χ1v) is 11.3. The van der Waals surface area contributed by atoms with Gasteiger partial charge >= 0.3 is 5.97 Å². The van der Waals surface area contributed by atoms with Crippen LogP contribution < -0.4 is 14.9 Å². The number of allylic oxidation sites excluding steroid dienone is 2. The fraction of sp³-hybridized carbons (Fsp3) is 0.192. The molecule has 0 fully saturated rings. The summed E-state index contributed by atoms with van der Waals surface area (Å²) >= 11 is 1.32. The van der Waals surface area contributed by atoms with E-state index in [1.165, 1.54) is 11.3 Å². The van der Waals surface area contributed by atoms with E-state index >= 15 is 0 Å². The van der Waals surface area contributed by atoms with Crippen LogP contribution in [-0.4, -0.2) is 17.1 Å². The van der Waals surface area contributed by atoms with Crippen LogP contribution in [0.25, 0.3) is 12.2 Å². The van der Waals surface area contributed by atoms with E-state index in [2.05, 4.69) is 4.99 Å². The molecule has 0 bridgehead atoms. The van der Waals surface area contributed by atoms with Crippen LogP contribution in [0.2, 0.25) is 0 Å². The van der Waals surface area contributed by atoms with Crippen LogP contribution in [0, 0.1) is 6.92 Å². The molecule has 162 valence electrons. The number of carbonyl (C=O) groups is 1. The summed E-state index contributed by atoms with van der Waals surface area (Å²) in [5, 5.41) is 0. The lowest BCUT2D eigenvalue weighted by atomic mass is 9.95. The normalized spacial score (nSPS) is 16.2. The van der Waals surface area contributed by atoms with E-state index in [0.29, 0.717) is 20.6 Å². The van der Waals surface area contributed by atoms with Gasteiger partial charge in [-0.15, -0.1) is 0 Å². The molecule has 0 amide bonds. The van der Waals surface area contributed by atoms with Gasteiger partial charge in [-0.25, -0.2) is 9.79 Å². The number of thiazole rings is 1. The third kappa shape index (κ3) is 4.27. The number of aromatic nitrogens is 1. The molecule has 3 aromatic rings. The van der Waals surface area contributed by atoms with Gasteiger partial charge in [0.05, 0.1) is 28.5 Å². The summed E-state index contributed by atoms with van der Waals surface area (Å²) in [5.41, 5.74) is 3.79. The van der Waals surface area contributed by atoms with E-state index in [4.69, 9.17) is 4.74 Å². The van der Waals surface area contributed by atoms with E-state index in [-0.39, 0.29) is 12.2 Å². The SMILES string of the molecule is CCOC(=O)C1=C(C)N=c2sc(=C/C=C\c3ccccc3)c(=O)n2[C@@H]1c1ccc(C)cc1. The lowest BCUT2D eigenvalue weighted by molar-refractivity contribution is -0.139. The average Bonchev–Trinajstić information content (AvgIpc) is 3.09. The van der Waals surface area contributed by atoms with Crippen molar-refractivity contribution in [2.24, 2.45) is 4.99 Å². The second-order valence-electron chi connectivity index (χ2n) is 7.51. The van der Waals surface area contributed by atoms with Gasteiger partial charge in [0.2, 0.25) is 0 Å². The molecule has 1 aliphatic heterocycles. The topological polar surface area (TPSA) is 60.7 Å². The van der Waals surface area contributed by atoms with Crippen molar-refractivity contribution in [3.8, 4) is 0 Å². The Morgan fingerprint density at radius 2 is 1.84 bits per heavy atom. The Labute approximate surface area is 190 Å². The van der Waals surface area contributed by atoms with E-state index in [9.17, 15) is 9.59 Å². The molecule has 0 spiro atoms. The molecule has 0 radical (unpaired) electrons. The molecule has 1 atom stereocenters. The number of ether oxygens (including phenoxy) is 1. The highest BCUT2D eigenvalue weighted by Gasteiger charge is 2.33. The third-order valence-corrected chi connectivity index (χ3v) is 6.25. The second kappa shape index (κ2) is 9.32. The highest BCUT2D eigenvalue weighted by atomic mass is 32.1. The first-order chi connectivity index (χ1) is 15.5. The molecule has 6 heteroatoms. The van der Waals surface area contributed by atoms with Crippen molar-refractivity contribution in [3.05, 3.63) is 108 Å². The van der Waals surface area contributed by atoms with Gasteiger partial charge in [-0.2, -0.15) is 0 Å². The number of esters is 1. The molecule has 4 rings (SSSR count). The first kappa shape index (κ1) is 21.7. The number of hydrogen-bond donors (Lipinski definition) is 0. The van der Waals surface area contributed by atoms with Gasteiger partial charge in [0.15, 0.2) is 4.80 Å². The fourth-order valence-electron chi connectivity index (χ4n) is 3.68. The predicted octanol–water partition coefficient (Wildman–Crippen LogP) is 3.77. The van der Waals surface area contributed by atoms with Crippen molar-refractivity contribution in [1.29, 1.82) is 0 Å². The quantitative estimate of drug-likeness (QED) is 0.563. The summed E-state index contributed by atoms with van der Waals surface area (Å²) in [7, 11) is 0. The van der Waals surface area contributed by atoms with Crippen molar-refractivity contribution in [2.45, 2.75) is 26.8 Å². The molecular formula is C26H24N2O3S. The lowest BCUT2D eigenvalue weighted by Crippen LogP contribution is -2.39. The molecule has 2 aromatic carbocycles. The Kier molecular flexibility index (Phi) is 6.32. The standard InChI is InChI=1S/C26H24N2O3S/c1-4-31-25(30)22-18(3)27-26-28(23(22)20-15-13-17(2)14-16-20)24(29)21(32-26)12-8-11-19-9-6-5-7-10-19/h5-16,23H,4H2,1-3H3/b11-8-,21-12?/t23-/m1/s1. The Hall–Kier alpha value is -3.51. The van der Waals surface area contributed by atoms with Crippen molar-refractivity contribution < 1.29 is 9.53 Å². The van der Waals surface area contributed by atoms with Gasteiger partial charge in [-0.05, 0) is 38.0 Å². The summed E-state index contributed by atoms with van der Waals surface area (Å²) in [6.45, 7) is 5.81. The van der Waals surface area contributed by atoms with E-state index in [1.807, 2.05) is 73.7 Å². The fourth-order valence-corrected chi connectivity index (χ4v) is 4.68. The number of carbonyl (C=O) groups excluding carboxylic acids is 1. The molecule has 1 aromatic heterocycles. The van der Waals surface area contributed by atoms with Crippen LogP contribution in [0.3, 0.4) is 0 Å². The summed E-state index contributed by atoms with van der Waals surface area (Å²) in [6.07, 6.45) is 5.61. The van der Waals surface area contributed by atoms with Crippen LogP contribution in [-0.2, 0) is 9.53 Å². The zero-order valence-electron chi connectivity index (χ0n) is 18.2. The lowest BCUT2D eigenvalue weighted by Gasteiger charge is -2.24. The Balaban J connectivity index is 1.86.